The Morgan fingerprint density at radius 3 is 1.83 bits per heavy atom. The minimum absolute atomic E-state index is 0.392. The van der Waals surface area contributed by atoms with Gasteiger partial charge in [0.2, 0.25) is 0 Å². The van der Waals surface area contributed by atoms with Crippen molar-refractivity contribution in [3.63, 3.8) is 0 Å². The van der Waals surface area contributed by atoms with Gasteiger partial charge in [0, 0.05) is 0 Å². The molecule has 0 bridgehead atoms. The summed E-state index contributed by atoms with van der Waals surface area (Å²) in [5.74, 6) is 0. The maximum atomic E-state index is 10.4. The van der Waals surface area contributed by atoms with Crippen LogP contribution in [0.1, 0.15) is 55.3 Å². The molecule has 23 heavy (non-hydrogen) atoms. The van der Waals surface area contributed by atoms with Gasteiger partial charge in [-0.1, -0.05) is 48.5 Å². The Balaban J connectivity index is 2.58. The highest BCUT2D eigenvalue weighted by Crippen LogP contribution is 2.40. The molecule has 4 heteroatoms. The summed E-state index contributed by atoms with van der Waals surface area (Å²) < 4.78 is 5.33. The van der Waals surface area contributed by atoms with Crippen LogP contribution >= 0.6 is 24.5 Å². The van der Waals surface area contributed by atoms with Crippen LogP contribution in [-0.4, -0.2) is 5.11 Å². The monoisotopic (exact) mass is 350 g/mol. The van der Waals surface area contributed by atoms with E-state index in [9.17, 15) is 5.11 Å². The zero-order chi connectivity index (χ0) is 17.3. The highest BCUT2D eigenvalue weighted by atomic mass is 35.5. The lowest BCUT2D eigenvalue weighted by Crippen LogP contribution is -2.22. The predicted molar refractivity (Wildman–Crippen MR) is 98.9 cm³/mol. The van der Waals surface area contributed by atoms with Gasteiger partial charge in [0.1, 0.15) is 5.60 Å². The fraction of sp³-hybridized carbons (Fsp3) is 0.368. The van der Waals surface area contributed by atoms with Gasteiger partial charge in [0.15, 0.2) is 0 Å². The predicted octanol–water partition coefficient (Wildman–Crippen LogP) is 5.34. The van der Waals surface area contributed by atoms with Gasteiger partial charge in [-0.25, -0.2) is 0 Å². The van der Waals surface area contributed by atoms with E-state index in [0.717, 1.165) is 22.3 Å². The van der Waals surface area contributed by atoms with Gasteiger partial charge >= 0.3 is 0 Å². The molecule has 2 aromatic carbocycles. The minimum Gasteiger partial charge on any atom is -0.386 e. The number of hydrogen-bond acceptors (Lipinski definition) is 3. The molecule has 2 rings (SSSR count). The number of aliphatic hydroxyl groups is 1. The summed E-state index contributed by atoms with van der Waals surface area (Å²) in [4.78, 5) is 0. The van der Waals surface area contributed by atoms with Crippen LogP contribution in [0.4, 0.5) is 0 Å². The quantitative estimate of drug-likeness (QED) is 0.433. The van der Waals surface area contributed by atoms with E-state index in [4.69, 9.17) is 15.8 Å². The van der Waals surface area contributed by atoms with Gasteiger partial charge in [-0.3, -0.25) is 0 Å². The number of rotatable bonds is 5. The molecule has 0 amide bonds. The van der Waals surface area contributed by atoms with E-state index in [2.05, 4.69) is 12.9 Å². The van der Waals surface area contributed by atoms with Gasteiger partial charge in [0.25, 0.3) is 0 Å². The summed E-state index contributed by atoms with van der Waals surface area (Å²) in [5.41, 5.74) is 2.10. The molecule has 0 heterocycles. The SMILES string of the molecule is CC(C)(O)c1ccccc1C(Cl)c1ccccc1C(C)(C)OS. The molecule has 0 aliphatic carbocycles. The zero-order valence-electron chi connectivity index (χ0n) is 13.9. The number of alkyl halides is 1. The van der Waals surface area contributed by atoms with Crippen LogP contribution < -0.4 is 0 Å². The fourth-order valence-corrected chi connectivity index (χ4v) is 3.24. The van der Waals surface area contributed by atoms with E-state index in [1.165, 1.54) is 0 Å². The third-order valence-electron chi connectivity index (χ3n) is 4.00. The van der Waals surface area contributed by atoms with Crippen LogP contribution in [0.15, 0.2) is 48.5 Å². The largest absolute Gasteiger partial charge is 0.386 e. The Morgan fingerprint density at radius 1 is 0.913 bits per heavy atom. The lowest BCUT2D eigenvalue weighted by atomic mass is 9.85. The molecule has 0 fully saturated rings. The van der Waals surface area contributed by atoms with Crippen molar-refractivity contribution in [2.75, 3.05) is 0 Å². The molecule has 0 aliphatic heterocycles. The number of thiol groups is 1. The first-order chi connectivity index (χ1) is 10.7. The van der Waals surface area contributed by atoms with Crippen molar-refractivity contribution in [2.45, 2.75) is 44.3 Å². The number of benzene rings is 2. The number of hydrogen-bond donors (Lipinski definition) is 2. The van der Waals surface area contributed by atoms with Crippen molar-refractivity contribution in [1.82, 2.24) is 0 Å². The molecular formula is C19H23ClO2S. The number of halogens is 1. The molecular weight excluding hydrogens is 328 g/mol. The van der Waals surface area contributed by atoms with E-state index in [1.54, 1.807) is 13.8 Å². The average molecular weight is 351 g/mol. The van der Waals surface area contributed by atoms with Gasteiger partial charge in [0.05, 0.1) is 11.0 Å². The van der Waals surface area contributed by atoms with Crippen molar-refractivity contribution >= 4 is 24.5 Å². The van der Waals surface area contributed by atoms with Crippen molar-refractivity contribution < 1.29 is 9.29 Å². The molecule has 1 N–H and O–H groups in total. The first kappa shape index (κ1) is 18.3. The normalized spacial score (nSPS) is 13.9. The molecule has 0 saturated heterocycles. The Labute approximate surface area is 149 Å². The minimum atomic E-state index is -0.964. The second kappa shape index (κ2) is 6.86. The molecule has 0 aliphatic rings. The van der Waals surface area contributed by atoms with Crippen LogP contribution in [0.5, 0.6) is 0 Å². The summed E-state index contributed by atoms with van der Waals surface area (Å²) in [6, 6.07) is 15.6. The second-order valence-corrected chi connectivity index (χ2v) is 7.32. The van der Waals surface area contributed by atoms with E-state index >= 15 is 0 Å². The Kier molecular flexibility index (Phi) is 5.47. The smallest absolute Gasteiger partial charge is 0.102 e. The average Bonchev–Trinajstić information content (AvgIpc) is 2.53. The van der Waals surface area contributed by atoms with E-state index in [1.807, 2.05) is 62.4 Å². The fourth-order valence-electron chi connectivity index (χ4n) is 2.76. The van der Waals surface area contributed by atoms with Gasteiger partial charge in [-0.05, 0) is 62.9 Å². The molecule has 0 aromatic heterocycles. The lowest BCUT2D eigenvalue weighted by molar-refractivity contribution is 0.0776. The van der Waals surface area contributed by atoms with Crippen molar-refractivity contribution in [1.29, 1.82) is 0 Å². The van der Waals surface area contributed by atoms with Crippen LogP contribution in [0.3, 0.4) is 0 Å². The lowest BCUT2D eigenvalue weighted by Gasteiger charge is -2.29. The first-order valence-electron chi connectivity index (χ1n) is 7.56. The van der Waals surface area contributed by atoms with E-state index in [-0.39, 0.29) is 0 Å². The summed E-state index contributed by atoms with van der Waals surface area (Å²) in [7, 11) is 0. The summed E-state index contributed by atoms with van der Waals surface area (Å²) in [6.45, 7) is 7.43. The van der Waals surface area contributed by atoms with Crippen molar-refractivity contribution in [3.8, 4) is 0 Å². The van der Waals surface area contributed by atoms with Gasteiger partial charge < -0.3 is 9.29 Å². The van der Waals surface area contributed by atoms with Crippen LogP contribution in [0, 0.1) is 0 Å². The third kappa shape index (κ3) is 3.92. The molecule has 0 radical (unpaired) electrons. The Bertz CT molecular complexity index is 677. The molecule has 0 spiro atoms. The Hall–Kier alpha value is -1.00. The molecule has 124 valence electrons. The summed E-state index contributed by atoms with van der Waals surface area (Å²) in [5, 5.41) is 10.1. The van der Waals surface area contributed by atoms with Crippen LogP contribution in [0.25, 0.3) is 0 Å². The molecule has 0 saturated carbocycles. The molecule has 1 unspecified atom stereocenters. The maximum Gasteiger partial charge on any atom is 0.102 e. The molecule has 2 aromatic rings. The second-order valence-electron chi connectivity index (χ2n) is 6.70. The highest BCUT2D eigenvalue weighted by molar-refractivity contribution is 7.75. The zero-order valence-corrected chi connectivity index (χ0v) is 15.5. The standard InChI is InChI=1S/C19H23ClO2S/c1-18(2,21)15-11-7-5-9-13(15)17(20)14-10-6-8-12-16(14)19(3,4)22-23/h5-12,17,21,23H,1-4H3. The topological polar surface area (TPSA) is 29.5 Å². The summed E-state index contributed by atoms with van der Waals surface area (Å²) in [6.07, 6.45) is 0. The van der Waals surface area contributed by atoms with Crippen molar-refractivity contribution in [2.24, 2.45) is 0 Å². The Morgan fingerprint density at radius 2 is 1.35 bits per heavy atom. The highest BCUT2D eigenvalue weighted by Gasteiger charge is 2.29. The van der Waals surface area contributed by atoms with Gasteiger partial charge in [-0.15, -0.1) is 11.6 Å². The van der Waals surface area contributed by atoms with Crippen molar-refractivity contribution in [3.05, 3.63) is 70.8 Å². The first-order valence-corrected chi connectivity index (χ1v) is 8.36. The summed E-state index contributed by atoms with van der Waals surface area (Å²) >= 11 is 10.8. The van der Waals surface area contributed by atoms with E-state index in [0.29, 0.717) is 0 Å². The van der Waals surface area contributed by atoms with Crippen LogP contribution in [-0.2, 0) is 15.4 Å². The maximum absolute atomic E-state index is 10.4. The third-order valence-corrected chi connectivity index (χ3v) is 4.93. The van der Waals surface area contributed by atoms with Crippen LogP contribution in [0.2, 0.25) is 0 Å². The molecule has 1 atom stereocenters. The molecule has 2 nitrogen and oxygen atoms in total. The van der Waals surface area contributed by atoms with Gasteiger partial charge in [-0.2, -0.15) is 0 Å². The van der Waals surface area contributed by atoms with E-state index < -0.39 is 16.6 Å².